The van der Waals surface area contributed by atoms with Crippen LogP contribution < -0.4 is 0 Å². The smallest absolute Gasteiger partial charge is 0.354 e. The average molecular weight is 183 g/mol. The maximum Gasteiger partial charge on any atom is 0.354 e. The molecule has 0 bridgehead atoms. The molecule has 0 unspecified atom stereocenters. The van der Waals surface area contributed by atoms with E-state index in [1.54, 1.807) is 17.7 Å². The molecule has 72 valence electrons. The van der Waals surface area contributed by atoms with Crippen LogP contribution >= 0.6 is 0 Å². The Morgan fingerprint density at radius 3 is 2.77 bits per heavy atom. The SMILES string of the molecule is COCn1cc(C)cc1C(=O)OC. The summed E-state index contributed by atoms with van der Waals surface area (Å²) in [4.78, 5) is 11.2. The van der Waals surface area contributed by atoms with Crippen molar-refractivity contribution in [2.24, 2.45) is 0 Å². The Kier molecular flexibility index (Phi) is 3.08. The molecule has 0 radical (unpaired) electrons. The quantitative estimate of drug-likeness (QED) is 0.661. The van der Waals surface area contributed by atoms with Crippen molar-refractivity contribution < 1.29 is 14.3 Å². The highest BCUT2D eigenvalue weighted by atomic mass is 16.5. The Hall–Kier alpha value is -1.29. The van der Waals surface area contributed by atoms with Gasteiger partial charge in [-0.3, -0.25) is 0 Å². The second-order valence-corrected chi connectivity index (χ2v) is 2.78. The third kappa shape index (κ3) is 2.09. The van der Waals surface area contributed by atoms with Crippen molar-refractivity contribution >= 4 is 5.97 Å². The van der Waals surface area contributed by atoms with Crippen LogP contribution in [0.4, 0.5) is 0 Å². The van der Waals surface area contributed by atoms with Gasteiger partial charge in [0.1, 0.15) is 12.4 Å². The van der Waals surface area contributed by atoms with Crippen LogP contribution in [0.2, 0.25) is 0 Å². The number of ether oxygens (including phenoxy) is 2. The molecule has 0 atom stereocenters. The number of aromatic nitrogens is 1. The predicted molar refractivity (Wildman–Crippen MR) is 47.5 cm³/mol. The van der Waals surface area contributed by atoms with Crippen LogP contribution in [0.25, 0.3) is 0 Å². The lowest BCUT2D eigenvalue weighted by molar-refractivity contribution is 0.0567. The number of hydrogen-bond acceptors (Lipinski definition) is 3. The van der Waals surface area contributed by atoms with E-state index in [2.05, 4.69) is 4.74 Å². The van der Waals surface area contributed by atoms with Crippen molar-refractivity contribution in [3.8, 4) is 0 Å². The molecule has 0 saturated heterocycles. The van der Waals surface area contributed by atoms with Crippen molar-refractivity contribution in [2.75, 3.05) is 14.2 Å². The molecule has 0 spiro atoms. The van der Waals surface area contributed by atoms with Crippen LogP contribution in [0.3, 0.4) is 0 Å². The molecule has 0 N–H and O–H groups in total. The molecule has 4 nitrogen and oxygen atoms in total. The van der Waals surface area contributed by atoms with E-state index in [9.17, 15) is 4.79 Å². The normalized spacial score (nSPS) is 10.1. The van der Waals surface area contributed by atoms with Crippen LogP contribution in [0.1, 0.15) is 16.1 Å². The van der Waals surface area contributed by atoms with E-state index in [4.69, 9.17) is 4.74 Å². The summed E-state index contributed by atoms with van der Waals surface area (Å²) < 4.78 is 11.3. The van der Waals surface area contributed by atoms with Gasteiger partial charge in [-0.25, -0.2) is 4.79 Å². The molecular formula is C9H13NO3. The second-order valence-electron chi connectivity index (χ2n) is 2.78. The predicted octanol–water partition coefficient (Wildman–Crippen LogP) is 1.19. The Labute approximate surface area is 77.1 Å². The van der Waals surface area contributed by atoms with Crippen LogP contribution in [0.15, 0.2) is 12.3 Å². The van der Waals surface area contributed by atoms with E-state index in [1.165, 1.54) is 7.11 Å². The molecule has 0 aromatic carbocycles. The Morgan fingerprint density at radius 2 is 2.23 bits per heavy atom. The number of methoxy groups -OCH3 is 2. The van der Waals surface area contributed by atoms with E-state index in [-0.39, 0.29) is 5.97 Å². The zero-order chi connectivity index (χ0) is 9.84. The molecule has 0 fully saturated rings. The van der Waals surface area contributed by atoms with Crippen molar-refractivity contribution in [2.45, 2.75) is 13.7 Å². The van der Waals surface area contributed by atoms with Gasteiger partial charge in [0, 0.05) is 13.3 Å². The summed E-state index contributed by atoms with van der Waals surface area (Å²) in [6, 6.07) is 1.77. The van der Waals surface area contributed by atoms with Gasteiger partial charge in [0.05, 0.1) is 7.11 Å². The lowest BCUT2D eigenvalue weighted by Crippen LogP contribution is -2.10. The Morgan fingerprint density at radius 1 is 1.54 bits per heavy atom. The summed E-state index contributed by atoms with van der Waals surface area (Å²) in [7, 11) is 2.94. The lowest BCUT2D eigenvalue weighted by Gasteiger charge is -2.04. The summed E-state index contributed by atoms with van der Waals surface area (Å²) in [6.45, 7) is 2.27. The van der Waals surface area contributed by atoms with Crippen molar-refractivity contribution in [1.29, 1.82) is 0 Å². The van der Waals surface area contributed by atoms with Gasteiger partial charge in [-0.05, 0) is 18.6 Å². The minimum absolute atomic E-state index is 0.342. The summed E-state index contributed by atoms with van der Waals surface area (Å²) in [5.74, 6) is -0.342. The van der Waals surface area contributed by atoms with E-state index in [1.807, 2.05) is 13.1 Å². The third-order valence-electron chi connectivity index (χ3n) is 1.70. The molecule has 0 amide bonds. The van der Waals surface area contributed by atoms with Gasteiger partial charge in [-0.2, -0.15) is 0 Å². The highest BCUT2D eigenvalue weighted by Gasteiger charge is 2.11. The van der Waals surface area contributed by atoms with Gasteiger partial charge in [0.2, 0.25) is 0 Å². The summed E-state index contributed by atoms with van der Waals surface area (Å²) in [5.41, 5.74) is 1.53. The first-order chi connectivity index (χ1) is 6.19. The average Bonchev–Trinajstić information content (AvgIpc) is 2.46. The monoisotopic (exact) mass is 183 g/mol. The summed E-state index contributed by atoms with van der Waals surface area (Å²) in [5, 5.41) is 0. The van der Waals surface area contributed by atoms with Gasteiger partial charge in [0.15, 0.2) is 0 Å². The number of esters is 1. The molecular weight excluding hydrogens is 170 g/mol. The first-order valence-electron chi connectivity index (χ1n) is 3.93. The van der Waals surface area contributed by atoms with Crippen molar-refractivity contribution in [1.82, 2.24) is 4.57 Å². The van der Waals surface area contributed by atoms with E-state index < -0.39 is 0 Å². The fraction of sp³-hybridized carbons (Fsp3) is 0.444. The van der Waals surface area contributed by atoms with Crippen LogP contribution in [-0.2, 0) is 16.2 Å². The maximum atomic E-state index is 11.2. The molecule has 0 saturated carbocycles. The molecule has 1 heterocycles. The molecule has 1 aromatic rings. The Balaban J connectivity index is 2.96. The van der Waals surface area contributed by atoms with Gasteiger partial charge in [0.25, 0.3) is 0 Å². The van der Waals surface area contributed by atoms with E-state index in [0.29, 0.717) is 12.4 Å². The minimum atomic E-state index is -0.342. The lowest BCUT2D eigenvalue weighted by atomic mass is 10.3. The molecule has 13 heavy (non-hydrogen) atoms. The number of carbonyl (C=O) groups is 1. The third-order valence-corrected chi connectivity index (χ3v) is 1.70. The number of rotatable bonds is 3. The van der Waals surface area contributed by atoms with E-state index in [0.717, 1.165) is 5.56 Å². The zero-order valence-electron chi connectivity index (χ0n) is 8.03. The second kappa shape index (κ2) is 4.09. The van der Waals surface area contributed by atoms with Crippen LogP contribution in [-0.4, -0.2) is 24.8 Å². The van der Waals surface area contributed by atoms with Crippen LogP contribution in [0.5, 0.6) is 0 Å². The largest absolute Gasteiger partial charge is 0.464 e. The highest BCUT2D eigenvalue weighted by Crippen LogP contribution is 2.08. The number of nitrogens with zero attached hydrogens (tertiary/aromatic N) is 1. The molecule has 0 aliphatic carbocycles. The number of aryl methyl sites for hydroxylation is 1. The number of carbonyl (C=O) groups excluding carboxylic acids is 1. The Bertz CT molecular complexity index is 304. The summed E-state index contributed by atoms with van der Waals surface area (Å²) in [6.07, 6.45) is 1.84. The standard InChI is InChI=1S/C9H13NO3/c1-7-4-8(9(11)13-3)10(5-7)6-12-2/h4-5H,6H2,1-3H3. The maximum absolute atomic E-state index is 11.2. The van der Waals surface area contributed by atoms with E-state index >= 15 is 0 Å². The van der Waals surface area contributed by atoms with Crippen LogP contribution in [0, 0.1) is 6.92 Å². The molecule has 0 aliphatic rings. The molecule has 1 rings (SSSR count). The fourth-order valence-corrected chi connectivity index (χ4v) is 1.18. The topological polar surface area (TPSA) is 40.5 Å². The van der Waals surface area contributed by atoms with Gasteiger partial charge in [-0.1, -0.05) is 0 Å². The molecule has 0 aliphatic heterocycles. The highest BCUT2D eigenvalue weighted by molar-refractivity contribution is 5.87. The summed E-state index contributed by atoms with van der Waals surface area (Å²) >= 11 is 0. The first-order valence-corrected chi connectivity index (χ1v) is 3.93. The fourth-order valence-electron chi connectivity index (χ4n) is 1.18. The zero-order valence-corrected chi connectivity index (χ0v) is 8.03. The van der Waals surface area contributed by atoms with Crippen molar-refractivity contribution in [3.63, 3.8) is 0 Å². The van der Waals surface area contributed by atoms with Crippen molar-refractivity contribution in [3.05, 3.63) is 23.5 Å². The number of hydrogen-bond donors (Lipinski definition) is 0. The van der Waals surface area contributed by atoms with Gasteiger partial charge in [-0.15, -0.1) is 0 Å². The van der Waals surface area contributed by atoms with Gasteiger partial charge >= 0.3 is 5.97 Å². The first kappa shape index (κ1) is 9.80. The van der Waals surface area contributed by atoms with Gasteiger partial charge < -0.3 is 14.0 Å². The molecule has 1 aromatic heterocycles. The molecule has 4 heteroatoms. The minimum Gasteiger partial charge on any atom is -0.464 e.